The lowest BCUT2D eigenvalue weighted by Gasteiger charge is -2.12. The average Bonchev–Trinajstić information content (AvgIpc) is 3.08. The van der Waals surface area contributed by atoms with Gasteiger partial charge in [0.05, 0.1) is 13.2 Å². The maximum Gasteiger partial charge on any atom is 0.297 e. The lowest BCUT2D eigenvalue weighted by Crippen LogP contribution is -2.27. The van der Waals surface area contributed by atoms with Gasteiger partial charge in [-0.1, -0.05) is 30.3 Å². The second-order valence-corrected chi connectivity index (χ2v) is 4.52. The molecule has 1 fully saturated rings. The van der Waals surface area contributed by atoms with Crippen LogP contribution in [0.4, 0.5) is 0 Å². The van der Waals surface area contributed by atoms with Crippen LogP contribution in [-0.2, 0) is 4.84 Å². The number of hydrogen-bond donors (Lipinski definition) is 1. The van der Waals surface area contributed by atoms with Gasteiger partial charge in [0.25, 0.3) is 5.91 Å². The van der Waals surface area contributed by atoms with Gasteiger partial charge in [-0.3, -0.25) is 9.63 Å². The van der Waals surface area contributed by atoms with E-state index in [1.54, 1.807) is 0 Å². The second-order valence-electron chi connectivity index (χ2n) is 4.52. The first-order valence-corrected chi connectivity index (χ1v) is 6.32. The minimum atomic E-state index is -0.173. The van der Waals surface area contributed by atoms with Crippen molar-refractivity contribution in [2.75, 3.05) is 13.2 Å². The highest BCUT2D eigenvalue weighted by molar-refractivity contribution is 5.93. The van der Waals surface area contributed by atoms with Crippen molar-refractivity contribution in [3.63, 3.8) is 0 Å². The summed E-state index contributed by atoms with van der Waals surface area (Å²) in [5, 5.41) is 1.39. The molecule has 1 aromatic heterocycles. The zero-order valence-corrected chi connectivity index (χ0v) is 10.7. The Labute approximate surface area is 111 Å². The molecule has 1 N–H and O–H groups in total. The predicted octanol–water partition coefficient (Wildman–Crippen LogP) is 2.16. The van der Waals surface area contributed by atoms with Crippen LogP contribution >= 0.6 is 0 Å². The number of hydroxylamine groups is 2. The maximum absolute atomic E-state index is 12.2. The quantitative estimate of drug-likeness (QED) is 0.897. The number of hydrogen-bond acceptors (Lipinski definition) is 3. The molecule has 2 heterocycles. The lowest BCUT2D eigenvalue weighted by molar-refractivity contribution is -0.0772. The molecule has 1 amide bonds. The van der Waals surface area contributed by atoms with Crippen LogP contribution in [0.2, 0.25) is 0 Å². The molecular weight excluding hydrogens is 242 g/mol. The molecule has 0 atom stereocenters. The average molecular weight is 257 g/mol. The van der Waals surface area contributed by atoms with E-state index < -0.39 is 0 Å². The lowest BCUT2D eigenvalue weighted by atomic mass is 10.2. The fraction of sp³-hybridized carbons (Fsp3) is 0.286. The maximum atomic E-state index is 12.2. The molecule has 0 radical (unpaired) electrons. The molecule has 1 saturated heterocycles. The predicted molar refractivity (Wildman–Crippen MR) is 70.4 cm³/mol. The summed E-state index contributed by atoms with van der Waals surface area (Å²) in [6.45, 7) is 3.08. The number of aryl methyl sites for hydroxylation is 1. The number of benzene rings is 1. The van der Waals surface area contributed by atoms with Crippen molar-refractivity contribution in [1.29, 1.82) is 0 Å². The fourth-order valence-electron chi connectivity index (χ4n) is 2.13. The third kappa shape index (κ3) is 2.24. The first kappa shape index (κ1) is 11.9. The van der Waals surface area contributed by atoms with E-state index in [2.05, 4.69) is 9.97 Å². The summed E-state index contributed by atoms with van der Waals surface area (Å²) in [6.07, 6.45) is 0.876. The summed E-state index contributed by atoms with van der Waals surface area (Å²) in [5.41, 5.74) is 2.16. The van der Waals surface area contributed by atoms with E-state index in [0.717, 1.165) is 17.7 Å². The molecule has 2 aromatic rings. The Kier molecular flexibility index (Phi) is 3.05. The number of nitrogens with zero attached hydrogens (tertiary/aromatic N) is 2. The Morgan fingerprint density at radius 1 is 1.37 bits per heavy atom. The van der Waals surface area contributed by atoms with Gasteiger partial charge in [0.15, 0.2) is 5.69 Å². The highest BCUT2D eigenvalue weighted by Crippen LogP contribution is 2.19. The molecule has 1 aliphatic rings. The first-order chi connectivity index (χ1) is 9.25. The number of carbonyl (C=O) groups excluding carboxylic acids is 1. The Balaban J connectivity index is 1.91. The fourth-order valence-corrected chi connectivity index (χ4v) is 2.13. The minimum Gasteiger partial charge on any atom is -0.341 e. The van der Waals surface area contributed by atoms with Crippen LogP contribution in [0, 0.1) is 6.92 Å². The molecule has 19 heavy (non-hydrogen) atoms. The summed E-state index contributed by atoms with van der Waals surface area (Å²) in [4.78, 5) is 25.0. The molecule has 0 unspecified atom stereocenters. The van der Waals surface area contributed by atoms with Gasteiger partial charge < -0.3 is 4.98 Å². The minimum absolute atomic E-state index is 0.173. The van der Waals surface area contributed by atoms with Crippen molar-refractivity contribution in [1.82, 2.24) is 15.0 Å². The number of amides is 1. The highest BCUT2D eigenvalue weighted by atomic mass is 16.7. The van der Waals surface area contributed by atoms with Crippen molar-refractivity contribution >= 4 is 5.91 Å². The third-order valence-corrected chi connectivity index (χ3v) is 3.11. The standard InChI is InChI=1S/C14H15N3O2/c1-10-12(14(18)17-8-5-9-19-17)16-13(15-10)11-6-3-2-4-7-11/h2-4,6-7H,5,8-9H2,1H3,(H,15,16). The van der Waals surface area contributed by atoms with Gasteiger partial charge in [-0.2, -0.15) is 0 Å². The van der Waals surface area contributed by atoms with E-state index in [1.165, 1.54) is 5.06 Å². The number of nitrogens with one attached hydrogen (secondary N) is 1. The van der Waals surface area contributed by atoms with Gasteiger partial charge in [0, 0.05) is 11.3 Å². The van der Waals surface area contributed by atoms with E-state index in [1.807, 2.05) is 37.3 Å². The molecule has 5 nitrogen and oxygen atoms in total. The smallest absolute Gasteiger partial charge is 0.297 e. The molecule has 0 aliphatic carbocycles. The summed E-state index contributed by atoms with van der Waals surface area (Å²) in [6, 6.07) is 9.75. The van der Waals surface area contributed by atoms with E-state index >= 15 is 0 Å². The van der Waals surface area contributed by atoms with Crippen LogP contribution in [0.15, 0.2) is 30.3 Å². The Morgan fingerprint density at radius 2 is 2.16 bits per heavy atom. The van der Waals surface area contributed by atoms with Crippen LogP contribution in [-0.4, -0.2) is 34.1 Å². The number of imidazole rings is 1. The summed E-state index contributed by atoms with van der Waals surface area (Å²) >= 11 is 0. The highest BCUT2D eigenvalue weighted by Gasteiger charge is 2.25. The zero-order chi connectivity index (χ0) is 13.2. The largest absolute Gasteiger partial charge is 0.341 e. The third-order valence-electron chi connectivity index (χ3n) is 3.11. The van der Waals surface area contributed by atoms with Crippen LogP contribution < -0.4 is 0 Å². The number of aromatic nitrogens is 2. The molecule has 0 bridgehead atoms. The Hall–Kier alpha value is -2.14. The zero-order valence-electron chi connectivity index (χ0n) is 10.7. The molecule has 3 rings (SSSR count). The molecule has 0 saturated carbocycles. The molecule has 1 aliphatic heterocycles. The second kappa shape index (κ2) is 4.85. The van der Waals surface area contributed by atoms with Crippen LogP contribution in [0.5, 0.6) is 0 Å². The van der Waals surface area contributed by atoms with Gasteiger partial charge in [-0.05, 0) is 13.3 Å². The van der Waals surface area contributed by atoms with Crippen molar-refractivity contribution in [2.24, 2.45) is 0 Å². The monoisotopic (exact) mass is 257 g/mol. The first-order valence-electron chi connectivity index (χ1n) is 6.32. The molecule has 0 spiro atoms. The molecule has 1 aromatic carbocycles. The van der Waals surface area contributed by atoms with Gasteiger partial charge in [-0.25, -0.2) is 10.0 Å². The molecular formula is C14H15N3O2. The van der Waals surface area contributed by atoms with E-state index in [0.29, 0.717) is 24.7 Å². The van der Waals surface area contributed by atoms with Crippen LogP contribution in [0.3, 0.4) is 0 Å². The topological polar surface area (TPSA) is 58.2 Å². The number of aromatic amines is 1. The van der Waals surface area contributed by atoms with Crippen molar-refractivity contribution in [2.45, 2.75) is 13.3 Å². The summed E-state index contributed by atoms with van der Waals surface area (Å²) < 4.78 is 0. The normalized spacial score (nSPS) is 14.9. The molecule has 98 valence electrons. The Morgan fingerprint density at radius 3 is 2.84 bits per heavy atom. The van der Waals surface area contributed by atoms with E-state index in [9.17, 15) is 4.79 Å². The van der Waals surface area contributed by atoms with Crippen molar-refractivity contribution < 1.29 is 9.63 Å². The van der Waals surface area contributed by atoms with Crippen molar-refractivity contribution in [3.05, 3.63) is 41.7 Å². The Bertz CT molecular complexity index is 586. The number of rotatable bonds is 2. The number of carbonyl (C=O) groups is 1. The molecule has 5 heteroatoms. The SMILES string of the molecule is Cc1[nH]c(-c2ccccc2)nc1C(=O)N1CCCO1. The van der Waals surface area contributed by atoms with Gasteiger partial charge in [-0.15, -0.1) is 0 Å². The van der Waals surface area contributed by atoms with Crippen molar-refractivity contribution in [3.8, 4) is 11.4 Å². The van der Waals surface area contributed by atoms with Gasteiger partial charge in [0.2, 0.25) is 0 Å². The summed E-state index contributed by atoms with van der Waals surface area (Å²) in [7, 11) is 0. The van der Waals surface area contributed by atoms with Gasteiger partial charge in [0.1, 0.15) is 5.82 Å². The van der Waals surface area contributed by atoms with Crippen LogP contribution in [0.1, 0.15) is 22.6 Å². The van der Waals surface area contributed by atoms with E-state index in [-0.39, 0.29) is 5.91 Å². The number of H-pyrrole nitrogens is 1. The van der Waals surface area contributed by atoms with Crippen LogP contribution in [0.25, 0.3) is 11.4 Å². The summed E-state index contributed by atoms with van der Waals surface area (Å²) in [5.74, 6) is 0.536. The van der Waals surface area contributed by atoms with Gasteiger partial charge >= 0.3 is 0 Å². The van der Waals surface area contributed by atoms with E-state index in [4.69, 9.17) is 4.84 Å².